The van der Waals surface area contributed by atoms with Crippen LogP contribution >= 0.6 is 0 Å². The molecule has 1 fully saturated rings. The van der Waals surface area contributed by atoms with Crippen LogP contribution in [0, 0.1) is 0 Å². The van der Waals surface area contributed by atoms with Gasteiger partial charge >= 0.3 is 11.9 Å². The lowest BCUT2D eigenvalue weighted by molar-refractivity contribution is -0.123. The van der Waals surface area contributed by atoms with Crippen molar-refractivity contribution in [3.8, 4) is 5.75 Å². The minimum Gasteiger partial charge on any atom is -0.491 e. The van der Waals surface area contributed by atoms with Crippen molar-refractivity contribution in [2.75, 3.05) is 21.3 Å². The van der Waals surface area contributed by atoms with Crippen LogP contribution in [0.25, 0.3) is 0 Å². The summed E-state index contributed by atoms with van der Waals surface area (Å²) in [4.78, 5) is 48.8. The van der Waals surface area contributed by atoms with Gasteiger partial charge in [-0.2, -0.15) is 0 Å². The maximum absolute atomic E-state index is 12.4. The molecule has 1 saturated carbocycles. The van der Waals surface area contributed by atoms with Crippen LogP contribution in [0.4, 0.5) is 0 Å². The molecule has 1 aliphatic carbocycles. The van der Waals surface area contributed by atoms with Crippen LogP contribution in [0.1, 0.15) is 52.6 Å². The maximum atomic E-state index is 12.4. The number of Topliss-reactive ketones (excluding diaryl/α,β-unsaturated/α-hetero) is 1. The molecule has 0 saturated heterocycles. The molecule has 1 aromatic rings. The lowest BCUT2D eigenvalue weighted by atomic mass is 9.93. The van der Waals surface area contributed by atoms with Crippen LogP contribution in [0.15, 0.2) is 11.0 Å². The van der Waals surface area contributed by atoms with Crippen LogP contribution in [0.3, 0.4) is 0 Å². The van der Waals surface area contributed by atoms with E-state index in [1.54, 1.807) is 0 Å². The largest absolute Gasteiger partial charge is 0.491 e. The van der Waals surface area contributed by atoms with Crippen molar-refractivity contribution < 1.29 is 28.6 Å². The number of carbonyl (C=O) groups excluding carboxylic acids is 3. The van der Waals surface area contributed by atoms with Crippen molar-refractivity contribution in [3.63, 3.8) is 0 Å². The summed E-state index contributed by atoms with van der Waals surface area (Å²) in [7, 11) is 3.50. The lowest BCUT2D eigenvalue weighted by Crippen LogP contribution is -2.32. The van der Waals surface area contributed by atoms with Gasteiger partial charge in [-0.05, 0) is 12.8 Å². The Labute approximate surface area is 138 Å². The number of hydrogen-bond donors (Lipinski definition) is 0. The summed E-state index contributed by atoms with van der Waals surface area (Å²) in [6.07, 6.45) is 3.60. The molecule has 0 aliphatic heterocycles. The minimum atomic E-state index is -0.869. The molecule has 0 amide bonds. The first-order valence-electron chi connectivity index (χ1n) is 7.48. The molecule has 0 unspecified atom stereocenters. The smallest absolute Gasteiger partial charge is 0.358 e. The van der Waals surface area contributed by atoms with E-state index in [2.05, 4.69) is 4.74 Å². The van der Waals surface area contributed by atoms with Crippen molar-refractivity contribution in [2.45, 2.75) is 31.7 Å². The summed E-state index contributed by atoms with van der Waals surface area (Å²) in [5.41, 5.74) is -1.28. The zero-order chi connectivity index (χ0) is 17.9. The number of aromatic nitrogens is 1. The second-order valence-electron chi connectivity index (χ2n) is 5.37. The Morgan fingerprint density at radius 1 is 1.08 bits per heavy atom. The van der Waals surface area contributed by atoms with Crippen LogP contribution in [-0.2, 0) is 14.3 Å². The molecule has 130 valence electrons. The standard InChI is InChI=1S/C16H19NO7/c1-22-14-12(16(21)24-3)17(10-6-4-5-7-11(10)18)8-9(13(14)19)15(20)23-2/h8,10H,4-7H2,1-3H3/t10-/m0/s1. The molecule has 0 aromatic carbocycles. The summed E-state index contributed by atoms with van der Waals surface area (Å²) in [6, 6.07) is -0.661. The van der Waals surface area contributed by atoms with E-state index in [1.807, 2.05) is 0 Å². The second-order valence-corrected chi connectivity index (χ2v) is 5.37. The van der Waals surface area contributed by atoms with Gasteiger partial charge in [0, 0.05) is 12.6 Å². The van der Waals surface area contributed by atoms with Gasteiger partial charge in [0.05, 0.1) is 27.4 Å². The molecule has 1 heterocycles. The number of esters is 2. The average molecular weight is 337 g/mol. The van der Waals surface area contributed by atoms with Gasteiger partial charge in [-0.15, -0.1) is 0 Å². The molecule has 8 nitrogen and oxygen atoms in total. The number of pyridine rings is 1. The predicted octanol–water partition coefficient (Wildman–Crippen LogP) is 1.11. The Hall–Kier alpha value is -2.64. The summed E-state index contributed by atoms with van der Waals surface area (Å²) in [6.45, 7) is 0. The number of nitrogens with zero attached hydrogens (tertiary/aromatic N) is 1. The Bertz CT molecular complexity index is 735. The van der Waals surface area contributed by atoms with E-state index >= 15 is 0 Å². The topological polar surface area (TPSA) is 101 Å². The zero-order valence-corrected chi connectivity index (χ0v) is 13.8. The first kappa shape index (κ1) is 17.7. The van der Waals surface area contributed by atoms with Gasteiger partial charge in [0.25, 0.3) is 0 Å². The number of rotatable bonds is 4. The van der Waals surface area contributed by atoms with Gasteiger partial charge in [0.1, 0.15) is 5.56 Å². The first-order valence-corrected chi connectivity index (χ1v) is 7.48. The quantitative estimate of drug-likeness (QED) is 0.759. The van der Waals surface area contributed by atoms with E-state index in [9.17, 15) is 19.2 Å². The van der Waals surface area contributed by atoms with Crippen molar-refractivity contribution in [1.82, 2.24) is 4.57 Å². The van der Waals surface area contributed by atoms with Gasteiger partial charge in [0.15, 0.2) is 17.2 Å². The Morgan fingerprint density at radius 2 is 1.75 bits per heavy atom. The van der Waals surface area contributed by atoms with Crippen molar-refractivity contribution in [1.29, 1.82) is 0 Å². The molecule has 1 aromatic heterocycles. The van der Waals surface area contributed by atoms with E-state index in [1.165, 1.54) is 17.9 Å². The third-order valence-electron chi connectivity index (χ3n) is 4.04. The number of methoxy groups -OCH3 is 3. The van der Waals surface area contributed by atoms with Crippen molar-refractivity contribution in [2.24, 2.45) is 0 Å². The zero-order valence-electron chi connectivity index (χ0n) is 13.8. The van der Waals surface area contributed by atoms with Gasteiger partial charge in [-0.3, -0.25) is 9.59 Å². The van der Waals surface area contributed by atoms with Crippen molar-refractivity contribution >= 4 is 17.7 Å². The van der Waals surface area contributed by atoms with Gasteiger partial charge in [-0.25, -0.2) is 9.59 Å². The average Bonchev–Trinajstić information content (AvgIpc) is 2.60. The van der Waals surface area contributed by atoms with E-state index < -0.39 is 23.4 Å². The highest BCUT2D eigenvalue weighted by molar-refractivity contribution is 5.95. The molecule has 24 heavy (non-hydrogen) atoms. The predicted molar refractivity (Wildman–Crippen MR) is 82.4 cm³/mol. The van der Waals surface area contributed by atoms with Crippen LogP contribution in [0.2, 0.25) is 0 Å². The molecule has 8 heteroatoms. The SMILES string of the molecule is COC(=O)c1cn([C@H]2CCCCC2=O)c(C(=O)OC)c(OC)c1=O. The molecule has 2 rings (SSSR count). The highest BCUT2D eigenvalue weighted by atomic mass is 16.5. The highest BCUT2D eigenvalue weighted by Gasteiger charge is 2.32. The molecule has 1 atom stereocenters. The van der Waals surface area contributed by atoms with Gasteiger partial charge < -0.3 is 18.8 Å². The molecule has 0 N–H and O–H groups in total. The summed E-state index contributed by atoms with van der Waals surface area (Å²) < 4.78 is 15.7. The fraction of sp³-hybridized carbons (Fsp3) is 0.500. The van der Waals surface area contributed by atoms with Gasteiger partial charge in [0.2, 0.25) is 5.43 Å². The Kier molecular flexibility index (Phi) is 5.38. The summed E-state index contributed by atoms with van der Waals surface area (Å²) >= 11 is 0. The van der Waals surface area contributed by atoms with E-state index in [0.29, 0.717) is 12.8 Å². The second kappa shape index (κ2) is 7.29. The number of ketones is 1. The molecule has 0 bridgehead atoms. The third-order valence-corrected chi connectivity index (χ3v) is 4.04. The molecule has 0 spiro atoms. The summed E-state index contributed by atoms with van der Waals surface area (Å²) in [5, 5.41) is 0. The van der Waals surface area contributed by atoms with Crippen LogP contribution in [0.5, 0.6) is 5.75 Å². The number of hydrogen-bond acceptors (Lipinski definition) is 7. The minimum absolute atomic E-state index is 0.0760. The fourth-order valence-corrected chi connectivity index (χ4v) is 2.85. The normalized spacial score (nSPS) is 17.3. The Balaban J connectivity index is 2.78. The van der Waals surface area contributed by atoms with Crippen LogP contribution < -0.4 is 10.2 Å². The number of carbonyl (C=O) groups is 3. The van der Waals surface area contributed by atoms with E-state index in [4.69, 9.17) is 9.47 Å². The maximum Gasteiger partial charge on any atom is 0.358 e. The van der Waals surface area contributed by atoms with E-state index in [0.717, 1.165) is 27.1 Å². The molecular formula is C16H19NO7. The first-order chi connectivity index (χ1) is 11.5. The summed E-state index contributed by atoms with van der Waals surface area (Å²) in [5.74, 6) is -2.11. The molecular weight excluding hydrogens is 318 g/mol. The fourth-order valence-electron chi connectivity index (χ4n) is 2.85. The molecule has 1 aliphatic rings. The van der Waals surface area contributed by atoms with E-state index in [-0.39, 0.29) is 22.8 Å². The number of ether oxygens (including phenoxy) is 3. The van der Waals surface area contributed by atoms with Crippen LogP contribution in [-0.4, -0.2) is 43.6 Å². The highest BCUT2D eigenvalue weighted by Crippen LogP contribution is 2.29. The van der Waals surface area contributed by atoms with Crippen molar-refractivity contribution in [3.05, 3.63) is 27.7 Å². The van der Waals surface area contributed by atoms with Gasteiger partial charge in [-0.1, -0.05) is 6.42 Å². The lowest BCUT2D eigenvalue weighted by Gasteiger charge is -2.26. The Morgan fingerprint density at radius 3 is 2.29 bits per heavy atom. The third kappa shape index (κ3) is 3.04. The molecule has 0 radical (unpaired) electrons. The monoisotopic (exact) mass is 337 g/mol.